The lowest BCUT2D eigenvalue weighted by Crippen LogP contribution is -2.36. The molecule has 158 valence electrons. The molecule has 1 saturated heterocycles. The van der Waals surface area contributed by atoms with Gasteiger partial charge in [-0.05, 0) is 48.9 Å². The second kappa shape index (κ2) is 10.4. The normalized spacial score (nSPS) is 16.4. The van der Waals surface area contributed by atoms with E-state index in [4.69, 9.17) is 4.52 Å². The van der Waals surface area contributed by atoms with Crippen LogP contribution in [-0.4, -0.2) is 36.2 Å². The number of nitrogens with one attached hydrogen (secondary N) is 2. The van der Waals surface area contributed by atoms with E-state index in [1.807, 2.05) is 6.07 Å². The van der Waals surface area contributed by atoms with Gasteiger partial charge in [-0.1, -0.05) is 50.2 Å². The molecular weight excluding hydrogens is 362 g/mol. The zero-order valence-electron chi connectivity index (χ0n) is 18.2. The van der Waals surface area contributed by atoms with Crippen molar-refractivity contribution >= 4 is 5.96 Å². The third-order valence-corrected chi connectivity index (χ3v) is 5.59. The maximum absolute atomic E-state index is 5.37. The quantitative estimate of drug-likeness (QED) is 0.548. The molecule has 0 spiro atoms. The molecule has 1 aliphatic heterocycles. The Hall–Kier alpha value is -2.34. The summed E-state index contributed by atoms with van der Waals surface area (Å²) in [5.41, 5.74) is 3.60. The van der Waals surface area contributed by atoms with Crippen molar-refractivity contribution in [3.63, 3.8) is 0 Å². The standard InChI is InChI=1S/C23H35N5O/c1-17(2)22-13-21(29-27-22)15-26-23(24-4)25-14-19-5-7-20(8-6-19)16-28-11-9-18(3)10-12-28/h5-8,13,17-18H,9-12,14-16H2,1-4H3,(H2,24,25,26). The number of likely N-dealkylation sites (tertiary alicyclic amines) is 1. The van der Waals surface area contributed by atoms with Gasteiger partial charge < -0.3 is 15.2 Å². The van der Waals surface area contributed by atoms with Gasteiger partial charge in [0, 0.05) is 26.2 Å². The van der Waals surface area contributed by atoms with Gasteiger partial charge in [0.2, 0.25) is 0 Å². The summed E-state index contributed by atoms with van der Waals surface area (Å²) in [4.78, 5) is 6.85. The van der Waals surface area contributed by atoms with E-state index in [1.165, 1.54) is 37.1 Å². The van der Waals surface area contributed by atoms with E-state index in [-0.39, 0.29) is 0 Å². The third kappa shape index (κ3) is 6.60. The van der Waals surface area contributed by atoms with Crippen molar-refractivity contribution in [1.82, 2.24) is 20.7 Å². The van der Waals surface area contributed by atoms with E-state index < -0.39 is 0 Å². The molecule has 2 heterocycles. The van der Waals surface area contributed by atoms with Crippen LogP contribution in [0.5, 0.6) is 0 Å². The number of guanidine groups is 1. The Balaban J connectivity index is 1.43. The summed E-state index contributed by atoms with van der Waals surface area (Å²) in [6.07, 6.45) is 2.64. The van der Waals surface area contributed by atoms with Gasteiger partial charge in [0.15, 0.2) is 11.7 Å². The molecule has 0 atom stereocenters. The average molecular weight is 398 g/mol. The Bertz CT molecular complexity index is 773. The molecule has 0 radical (unpaired) electrons. The zero-order valence-corrected chi connectivity index (χ0v) is 18.2. The van der Waals surface area contributed by atoms with Crippen LogP contribution >= 0.6 is 0 Å². The highest BCUT2D eigenvalue weighted by Crippen LogP contribution is 2.18. The van der Waals surface area contributed by atoms with Crippen LogP contribution in [0.1, 0.15) is 62.1 Å². The van der Waals surface area contributed by atoms with E-state index >= 15 is 0 Å². The monoisotopic (exact) mass is 397 g/mol. The van der Waals surface area contributed by atoms with Crippen LogP contribution in [0.4, 0.5) is 0 Å². The smallest absolute Gasteiger partial charge is 0.191 e. The maximum Gasteiger partial charge on any atom is 0.191 e. The van der Waals surface area contributed by atoms with Crippen molar-refractivity contribution in [2.24, 2.45) is 10.9 Å². The van der Waals surface area contributed by atoms with Crippen molar-refractivity contribution < 1.29 is 4.52 Å². The minimum atomic E-state index is 0.367. The van der Waals surface area contributed by atoms with Gasteiger partial charge in [0.1, 0.15) is 0 Å². The Morgan fingerprint density at radius 3 is 2.41 bits per heavy atom. The summed E-state index contributed by atoms with van der Waals surface area (Å²) >= 11 is 0. The molecule has 1 aromatic heterocycles. The van der Waals surface area contributed by atoms with Crippen molar-refractivity contribution in [1.29, 1.82) is 0 Å². The third-order valence-electron chi connectivity index (χ3n) is 5.59. The minimum absolute atomic E-state index is 0.367. The zero-order chi connectivity index (χ0) is 20.6. The molecule has 0 aliphatic carbocycles. The molecule has 2 aromatic rings. The second-order valence-electron chi connectivity index (χ2n) is 8.43. The lowest BCUT2D eigenvalue weighted by Gasteiger charge is -2.30. The summed E-state index contributed by atoms with van der Waals surface area (Å²) < 4.78 is 5.37. The topological polar surface area (TPSA) is 65.7 Å². The predicted molar refractivity (Wildman–Crippen MR) is 118 cm³/mol. The lowest BCUT2D eigenvalue weighted by atomic mass is 9.99. The molecule has 1 aromatic carbocycles. The van der Waals surface area contributed by atoms with E-state index in [2.05, 4.69) is 70.7 Å². The predicted octanol–water partition coefficient (Wildman–Crippen LogP) is 3.90. The highest BCUT2D eigenvalue weighted by atomic mass is 16.5. The van der Waals surface area contributed by atoms with Gasteiger partial charge >= 0.3 is 0 Å². The number of aromatic nitrogens is 1. The molecule has 6 nitrogen and oxygen atoms in total. The Morgan fingerprint density at radius 1 is 1.14 bits per heavy atom. The van der Waals surface area contributed by atoms with Gasteiger partial charge in [-0.25, -0.2) is 0 Å². The van der Waals surface area contributed by atoms with Gasteiger partial charge in [-0.2, -0.15) is 0 Å². The molecule has 2 N–H and O–H groups in total. The number of nitrogens with zero attached hydrogens (tertiary/aromatic N) is 3. The number of hydrogen-bond acceptors (Lipinski definition) is 4. The molecule has 29 heavy (non-hydrogen) atoms. The van der Waals surface area contributed by atoms with Crippen molar-refractivity contribution in [2.75, 3.05) is 20.1 Å². The van der Waals surface area contributed by atoms with E-state index in [1.54, 1.807) is 7.05 Å². The Labute approximate surface area is 174 Å². The summed E-state index contributed by atoms with van der Waals surface area (Å²) in [6, 6.07) is 10.9. The first-order valence-electron chi connectivity index (χ1n) is 10.7. The van der Waals surface area contributed by atoms with Gasteiger partial charge in [0.05, 0.1) is 12.2 Å². The van der Waals surface area contributed by atoms with Crippen LogP contribution in [0.3, 0.4) is 0 Å². The Kier molecular flexibility index (Phi) is 7.69. The minimum Gasteiger partial charge on any atom is -0.359 e. The highest BCUT2D eigenvalue weighted by Gasteiger charge is 2.15. The van der Waals surface area contributed by atoms with Crippen molar-refractivity contribution in [3.8, 4) is 0 Å². The fourth-order valence-corrected chi connectivity index (χ4v) is 3.50. The molecule has 6 heteroatoms. The van der Waals surface area contributed by atoms with Gasteiger partial charge in [0.25, 0.3) is 0 Å². The van der Waals surface area contributed by atoms with Crippen LogP contribution in [0.25, 0.3) is 0 Å². The number of piperidine rings is 1. The van der Waals surface area contributed by atoms with E-state index in [9.17, 15) is 0 Å². The lowest BCUT2D eigenvalue weighted by molar-refractivity contribution is 0.185. The average Bonchev–Trinajstić information content (AvgIpc) is 3.20. The summed E-state index contributed by atoms with van der Waals surface area (Å²) in [6.45, 7) is 11.4. The van der Waals surface area contributed by atoms with Gasteiger partial charge in [-0.15, -0.1) is 0 Å². The van der Waals surface area contributed by atoms with Crippen LogP contribution in [0, 0.1) is 5.92 Å². The molecule has 0 unspecified atom stereocenters. The highest BCUT2D eigenvalue weighted by molar-refractivity contribution is 5.79. The fraction of sp³-hybridized carbons (Fsp3) is 0.565. The summed E-state index contributed by atoms with van der Waals surface area (Å²) in [5.74, 6) is 2.81. The summed E-state index contributed by atoms with van der Waals surface area (Å²) in [7, 11) is 1.78. The summed E-state index contributed by atoms with van der Waals surface area (Å²) in [5, 5.41) is 10.7. The van der Waals surface area contributed by atoms with Crippen molar-refractivity contribution in [3.05, 3.63) is 52.9 Å². The Morgan fingerprint density at radius 2 is 1.79 bits per heavy atom. The van der Waals surface area contributed by atoms with Crippen LogP contribution in [-0.2, 0) is 19.6 Å². The molecule has 1 fully saturated rings. The number of aliphatic imine (C=N–C) groups is 1. The molecule has 0 saturated carbocycles. The molecule has 1 aliphatic rings. The van der Waals surface area contributed by atoms with Crippen LogP contribution < -0.4 is 10.6 Å². The van der Waals surface area contributed by atoms with Crippen LogP contribution in [0.2, 0.25) is 0 Å². The molecule has 0 bridgehead atoms. The maximum atomic E-state index is 5.37. The SMILES string of the molecule is CN=C(NCc1ccc(CN2CCC(C)CC2)cc1)NCc1cc(C(C)C)no1. The molecule has 3 rings (SSSR count). The largest absolute Gasteiger partial charge is 0.359 e. The number of hydrogen-bond donors (Lipinski definition) is 2. The number of benzene rings is 1. The molecule has 0 amide bonds. The van der Waals surface area contributed by atoms with E-state index in [0.29, 0.717) is 12.5 Å². The van der Waals surface area contributed by atoms with Gasteiger partial charge in [-0.3, -0.25) is 9.89 Å². The second-order valence-corrected chi connectivity index (χ2v) is 8.43. The first-order valence-corrected chi connectivity index (χ1v) is 10.7. The van der Waals surface area contributed by atoms with E-state index in [0.717, 1.165) is 36.4 Å². The van der Waals surface area contributed by atoms with Crippen molar-refractivity contribution in [2.45, 2.75) is 59.2 Å². The first-order chi connectivity index (χ1) is 14.0. The number of rotatable bonds is 7. The first kappa shape index (κ1) is 21.4. The fourth-order valence-electron chi connectivity index (χ4n) is 3.50. The molecular formula is C23H35N5O. The van der Waals surface area contributed by atoms with Crippen LogP contribution in [0.15, 0.2) is 39.8 Å².